The van der Waals surface area contributed by atoms with Crippen molar-refractivity contribution in [3.05, 3.63) is 40.8 Å². The van der Waals surface area contributed by atoms with Crippen LogP contribution in [0.4, 0.5) is 0 Å². The van der Waals surface area contributed by atoms with E-state index in [2.05, 4.69) is 55.0 Å². The highest BCUT2D eigenvalue weighted by molar-refractivity contribution is 7.71. The van der Waals surface area contributed by atoms with Gasteiger partial charge in [-0.3, -0.25) is 0 Å². The summed E-state index contributed by atoms with van der Waals surface area (Å²) in [6, 6.07) is 8.57. The van der Waals surface area contributed by atoms with E-state index >= 15 is 0 Å². The van der Waals surface area contributed by atoms with E-state index in [4.69, 9.17) is 12.2 Å². The fraction of sp³-hybridized carbons (Fsp3) is 0.308. The minimum absolute atomic E-state index is 0.198. The van der Waals surface area contributed by atoms with Crippen molar-refractivity contribution in [2.45, 2.75) is 26.2 Å². The third-order valence-corrected chi connectivity index (χ3v) is 2.88. The van der Waals surface area contributed by atoms with Gasteiger partial charge in [-0.2, -0.15) is 0 Å². The van der Waals surface area contributed by atoms with Crippen LogP contribution in [0.15, 0.2) is 30.5 Å². The fourth-order valence-electron chi connectivity index (χ4n) is 1.64. The maximum atomic E-state index is 5.01. The van der Waals surface area contributed by atoms with E-state index in [0.717, 1.165) is 11.3 Å². The van der Waals surface area contributed by atoms with Gasteiger partial charge in [0.15, 0.2) is 4.77 Å². The van der Waals surface area contributed by atoms with Gasteiger partial charge in [-0.15, -0.1) is 0 Å². The molecule has 0 aliphatic rings. The fourth-order valence-corrected chi connectivity index (χ4v) is 1.81. The van der Waals surface area contributed by atoms with Crippen molar-refractivity contribution in [1.29, 1.82) is 0 Å². The first kappa shape index (κ1) is 11.1. The topological polar surface area (TPSA) is 31.6 Å². The Bertz CT molecular complexity index is 526. The van der Waals surface area contributed by atoms with Gasteiger partial charge in [-0.25, -0.2) is 0 Å². The van der Waals surface area contributed by atoms with E-state index in [0.29, 0.717) is 4.77 Å². The maximum absolute atomic E-state index is 5.01. The molecule has 0 radical (unpaired) electrons. The molecule has 3 heteroatoms. The Morgan fingerprint density at radius 3 is 2.12 bits per heavy atom. The molecule has 1 heterocycles. The van der Waals surface area contributed by atoms with Crippen LogP contribution in [0.1, 0.15) is 26.3 Å². The van der Waals surface area contributed by atoms with Gasteiger partial charge in [-0.05, 0) is 28.8 Å². The van der Waals surface area contributed by atoms with Crippen molar-refractivity contribution < 1.29 is 0 Å². The summed E-state index contributed by atoms with van der Waals surface area (Å²) in [6.45, 7) is 6.64. The van der Waals surface area contributed by atoms with Crippen molar-refractivity contribution in [3.63, 3.8) is 0 Å². The van der Waals surface area contributed by atoms with Crippen LogP contribution in [0.25, 0.3) is 11.3 Å². The van der Waals surface area contributed by atoms with Crippen molar-refractivity contribution in [2.24, 2.45) is 0 Å². The summed E-state index contributed by atoms with van der Waals surface area (Å²) in [5.74, 6) is 0. The Hall–Kier alpha value is -1.35. The van der Waals surface area contributed by atoms with Crippen LogP contribution in [0.2, 0.25) is 0 Å². The van der Waals surface area contributed by atoms with Crippen LogP contribution in [0.3, 0.4) is 0 Å². The molecular weight excluding hydrogens is 216 g/mol. The number of hydrogen-bond donors (Lipinski definition) is 2. The van der Waals surface area contributed by atoms with E-state index in [1.54, 1.807) is 0 Å². The second kappa shape index (κ2) is 3.91. The minimum atomic E-state index is 0.198. The third kappa shape index (κ3) is 2.25. The van der Waals surface area contributed by atoms with Crippen LogP contribution in [-0.2, 0) is 5.41 Å². The summed E-state index contributed by atoms with van der Waals surface area (Å²) in [5.41, 5.74) is 3.72. The predicted molar refractivity (Wildman–Crippen MR) is 70.1 cm³/mol. The quantitative estimate of drug-likeness (QED) is 0.714. The highest BCUT2D eigenvalue weighted by Gasteiger charge is 2.13. The monoisotopic (exact) mass is 232 g/mol. The van der Waals surface area contributed by atoms with Crippen LogP contribution in [0, 0.1) is 4.77 Å². The van der Waals surface area contributed by atoms with Gasteiger partial charge in [0.05, 0.1) is 5.69 Å². The number of benzene rings is 1. The SMILES string of the molecule is CC(C)(C)c1ccc(-c2c[nH]c(=S)[nH]2)cc1. The number of H-pyrrole nitrogens is 2. The van der Waals surface area contributed by atoms with Crippen LogP contribution in [-0.4, -0.2) is 9.97 Å². The summed E-state index contributed by atoms with van der Waals surface area (Å²) in [4.78, 5) is 6.08. The highest BCUT2D eigenvalue weighted by atomic mass is 32.1. The van der Waals surface area contributed by atoms with Gasteiger partial charge in [0, 0.05) is 6.20 Å². The molecule has 2 aromatic rings. The van der Waals surface area contributed by atoms with Gasteiger partial charge < -0.3 is 9.97 Å². The molecule has 0 atom stereocenters. The molecule has 2 N–H and O–H groups in total. The molecular formula is C13H16N2S. The molecule has 0 saturated carbocycles. The molecule has 0 amide bonds. The number of hydrogen-bond acceptors (Lipinski definition) is 1. The summed E-state index contributed by atoms with van der Waals surface area (Å²) in [7, 11) is 0. The zero-order chi connectivity index (χ0) is 11.8. The molecule has 2 rings (SSSR count). The van der Waals surface area contributed by atoms with E-state index in [1.165, 1.54) is 5.56 Å². The number of imidazole rings is 1. The third-order valence-electron chi connectivity index (χ3n) is 2.66. The van der Waals surface area contributed by atoms with Crippen molar-refractivity contribution >= 4 is 12.2 Å². The van der Waals surface area contributed by atoms with E-state index in [1.807, 2.05) is 6.20 Å². The lowest BCUT2D eigenvalue weighted by molar-refractivity contribution is 0.590. The average molecular weight is 232 g/mol. The second-order valence-electron chi connectivity index (χ2n) is 4.98. The first-order valence-electron chi connectivity index (χ1n) is 5.35. The molecule has 0 spiro atoms. The zero-order valence-electron chi connectivity index (χ0n) is 9.79. The molecule has 2 nitrogen and oxygen atoms in total. The van der Waals surface area contributed by atoms with Gasteiger partial charge in [0.25, 0.3) is 0 Å². The summed E-state index contributed by atoms with van der Waals surface area (Å²) >= 11 is 5.01. The van der Waals surface area contributed by atoms with Gasteiger partial charge in [0.2, 0.25) is 0 Å². The van der Waals surface area contributed by atoms with Crippen molar-refractivity contribution in [1.82, 2.24) is 9.97 Å². The Balaban J connectivity index is 2.36. The lowest BCUT2D eigenvalue weighted by Crippen LogP contribution is -2.10. The summed E-state index contributed by atoms with van der Waals surface area (Å²) in [6.07, 6.45) is 1.90. The minimum Gasteiger partial charge on any atom is -0.337 e. The number of rotatable bonds is 1. The number of aromatic nitrogens is 2. The standard InChI is InChI=1S/C13H16N2S/c1-13(2,3)10-6-4-9(5-7-10)11-8-14-12(16)15-11/h4-8H,1-3H3,(H2,14,15,16). The van der Waals surface area contributed by atoms with Crippen LogP contribution < -0.4 is 0 Å². The lowest BCUT2D eigenvalue weighted by Gasteiger charge is -2.18. The zero-order valence-corrected chi connectivity index (χ0v) is 10.6. The van der Waals surface area contributed by atoms with Gasteiger partial charge >= 0.3 is 0 Å². The Morgan fingerprint density at radius 2 is 1.69 bits per heavy atom. The van der Waals surface area contributed by atoms with E-state index in [-0.39, 0.29) is 5.41 Å². The van der Waals surface area contributed by atoms with Gasteiger partial charge in [0.1, 0.15) is 0 Å². The van der Waals surface area contributed by atoms with Gasteiger partial charge in [-0.1, -0.05) is 45.0 Å². The molecule has 16 heavy (non-hydrogen) atoms. The lowest BCUT2D eigenvalue weighted by atomic mass is 9.86. The smallest absolute Gasteiger partial charge is 0.174 e. The average Bonchev–Trinajstić information content (AvgIpc) is 2.64. The molecule has 0 aliphatic carbocycles. The summed E-state index contributed by atoms with van der Waals surface area (Å²) in [5, 5.41) is 0. The largest absolute Gasteiger partial charge is 0.337 e. The molecule has 0 bridgehead atoms. The van der Waals surface area contributed by atoms with Crippen molar-refractivity contribution in [3.8, 4) is 11.3 Å². The highest BCUT2D eigenvalue weighted by Crippen LogP contribution is 2.25. The van der Waals surface area contributed by atoms with E-state index < -0.39 is 0 Å². The molecule has 1 aromatic carbocycles. The normalized spacial score (nSPS) is 11.7. The molecule has 84 valence electrons. The Morgan fingerprint density at radius 1 is 1.06 bits per heavy atom. The molecule has 0 fully saturated rings. The molecule has 0 unspecified atom stereocenters. The van der Waals surface area contributed by atoms with Crippen LogP contribution in [0.5, 0.6) is 0 Å². The number of aromatic amines is 2. The first-order valence-corrected chi connectivity index (χ1v) is 5.76. The van der Waals surface area contributed by atoms with E-state index in [9.17, 15) is 0 Å². The molecule has 0 saturated heterocycles. The Labute approximate surface area is 101 Å². The Kier molecular flexibility index (Phi) is 2.72. The first-order chi connectivity index (χ1) is 7.47. The molecule has 0 aliphatic heterocycles. The number of nitrogens with one attached hydrogen (secondary N) is 2. The molecule has 1 aromatic heterocycles. The van der Waals surface area contributed by atoms with Crippen LogP contribution >= 0.6 is 12.2 Å². The predicted octanol–water partition coefficient (Wildman–Crippen LogP) is 4.04. The van der Waals surface area contributed by atoms with Crippen molar-refractivity contribution in [2.75, 3.05) is 0 Å². The maximum Gasteiger partial charge on any atom is 0.174 e. The second-order valence-corrected chi connectivity index (χ2v) is 5.39. The summed E-state index contributed by atoms with van der Waals surface area (Å²) < 4.78 is 0.662.